The van der Waals surface area contributed by atoms with Gasteiger partial charge >= 0.3 is 0 Å². The van der Waals surface area contributed by atoms with Crippen molar-refractivity contribution < 1.29 is 0 Å². The third-order valence-electron chi connectivity index (χ3n) is 5.87. The second kappa shape index (κ2) is 8.29. The molecule has 166 valence electrons. The molecule has 0 fully saturated rings. The minimum Gasteiger partial charge on any atom is -0.357 e. The van der Waals surface area contributed by atoms with Gasteiger partial charge in [-0.15, -0.1) is 0 Å². The zero-order valence-electron chi connectivity index (χ0n) is 18.9. The Kier molecular flexibility index (Phi) is 5.43. The number of hydrogen-bond donors (Lipinski definition) is 3. The molecule has 4 nitrogen and oxygen atoms in total. The topological polar surface area (TPSA) is 59.7 Å². The molecule has 4 heterocycles. The fraction of sp³-hybridized carbons (Fsp3) is 0.148. The summed E-state index contributed by atoms with van der Waals surface area (Å²) in [5, 5.41) is 1.26. The molecule has 0 saturated heterocycles. The number of hydrogen-bond acceptors (Lipinski definition) is 1. The molecule has 3 aromatic heterocycles. The molecule has 0 radical (unpaired) electrons. The molecule has 6 heteroatoms. The van der Waals surface area contributed by atoms with Crippen molar-refractivity contribution in [2.45, 2.75) is 27.7 Å². The quantitative estimate of drug-likeness (QED) is 0.272. The average molecular weight is 475 g/mol. The number of rotatable bonds is 4. The number of allylic oxidation sites excluding steroid dienone is 2. The molecular weight excluding hydrogens is 451 g/mol. The lowest BCUT2D eigenvalue weighted by atomic mass is 10.0. The minimum atomic E-state index is 0.608. The van der Waals surface area contributed by atoms with Gasteiger partial charge < -0.3 is 15.0 Å². The Balaban J connectivity index is 1.71. The maximum atomic E-state index is 6.72. The van der Waals surface area contributed by atoms with Crippen molar-refractivity contribution in [1.82, 2.24) is 15.0 Å². The Labute approximate surface area is 203 Å². The van der Waals surface area contributed by atoms with E-state index in [0.29, 0.717) is 10.1 Å². The second-order valence-electron chi connectivity index (χ2n) is 8.51. The first-order chi connectivity index (χ1) is 15.8. The fourth-order valence-corrected chi connectivity index (χ4v) is 4.94. The first-order valence-corrected chi connectivity index (χ1v) is 11.6. The number of aliphatic imine (C=N–C) groups is 1. The first kappa shape index (κ1) is 21.6. The summed E-state index contributed by atoms with van der Waals surface area (Å²) in [7, 11) is 0. The highest BCUT2D eigenvalue weighted by atomic mass is 35.5. The van der Waals surface area contributed by atoms with Gasteiger partial charge in [-0.2, -0.15) is 0 Å². The van der Waals surface area contributed by atoms with Crippen LogP contribution < -0.4 is 0 Å². The van der Waals surface area contributed by atoms with Crippen LogP contribution in [0.25, 0.3) is 17.0 Å². The van der Waals surface area contributed by atoms with Gasteiger partial charge in [0.1, 0.15) is 5.71 Å². The van der Waals surface area contributed by atoms with Crippen LogP contribution in [0.4, 0.5) is 0 Å². The van der Waals surface area contributed by atoms with E-state index in [1.165, 1.54) is 0 Å². The maximum absolute atomic E-state index is 6.72. The third-order valence-corrected chi connectivity index (χ3v) is 6.45. The summed E-state index contributed by atoms with van der Waals surface area (Å²) >= 11 is 13.4. The van der Waals surface area contributed by atoms with Crippen molar-refractivity contribution in [1.29, 1.82) is 0 Å². The molecule has 0 atom stereocenters. The molecule has 0 bridgehead atoms. The molecule has 1 aromatic carbocycles. The monoisotopic (exact) mass is 474 g/mol. The van der Waals surface area contributed by atoms with E-state index in [2.05, 4.69) is 53.1 Å². The van der Waals surface area contributed by atoms with Gasteiger partial charge in [0.05, 0.1) is 38.5 Å². The van der Waals surface area contributed by atoms with Crippen LogP contribution >= 0.6 is 23.2 Å². The van der Waals surface area contributed by atoms with Crippen LogP contribution in [-0.2, 0) is 0 Å². The predicted octanol–water partition coefficient (Wildman–Crippen LogP) is 7.61. The van der Waals surface area contributed by atoms with Crippen LogP contribution in [0.1, 0.15) is 39.5 Å². The zero-order valence-corrected chi connectivity index (χ0v) is 20.4. The van der Waals surface area contributed by atoms with Gasteiger partial charge in [0, 0.05) is 17.0 Å². The SMILES string of the molecule is Cc1cc(C)c(C2=N/C(=C(/c3ccccc3)c3cc(Cl)c(-c4[nH]c(C)cc4C)[nH]3)C=C2Cl)[nH]1. The molecule has 0 aliphatic carbocycles. The van der Waals surface area contributed by atoms with Gasteiger partial charge in [0.2, 0.25) is 0 Å². The number of aryl methyl sites for hydroxylation is 4. The Bertz CT molecular complexity index is 1460. The maximum Gasteiger partial charge on any atom is 0.106 e. The van der Waals surface area contributed by atoms with Crippen molar-refractivity contribution in [3.8, 4) is 11.4 Å². The van der Waals surface area contributed by atoms with Crippen molar-refractivity contribution in [2.75, 3.05) is 0 Å². The zero-order chi connectivity index (χ0) is 23.3. The van der Waals surface area contributed by atoms with E-state index >= 15 is 0 Å². The lowest BCUT2D eigenvalue weighted by Crippen LogP contribution is -2.00. The van der Waals surface area contributed by atoms with Gasteiger partial charge in [-0.1, -0.05) is 53.5 Å². The number of halogens is 2. The lowest BCUT2D eigenvalue weighted by molar-refractivity contribution is 1.23. The normalized spacial score (nSPS) is 15.1. The fourth-order valence-electron chi connectivity index (χ4n) is 4.45. The first-order valence-electron chi connectivity index (χ1n) is 10.8. The van der Waals surface area contributed by atoms with Crippen LogP contribution in [0.15, 0.2) is 70.3 Å². The number of benzene rings is 1. The second-order valence-corrected chi connectivity index (χ2v) is 9.32. The highest BCUT2D eigenvalue weighted by molar-refractivity contribution is 6.47. The van der Waals surface area contributed by atoms with E-state index in [0.717, 1.165) is 67.8 Å². The molecule has 0 saturated carbocycles. The largest absolute Gasteiger partial charge is 0.357 e. The molecule has 33 heavy (non-hydrogen) atoms. The number of nitrogens with zero attached hydrogens (tertiary/aromatic N) is 1. The minimum absolute atomic E-state index is 0.608. The van der Waals surface area contributed by atoms with Crippen molar-refractivity contribution in [3.63, 3.8) is 0 Å². The van der Waals surface area contributed by atoms with E-state index in [4.69, 9.17) is 28.2 Å². The smallest absolute Gasteiger partial charge is 0.106 e. The number of H-pyrrole nitrogens is 3. The third kappa shape index (κ3) is 3.90. The summed E-state index contributed by atoms with van der Waals surface area (Å²) in [6.45, 7) is 8.20. The van der Waals surface area contributed by atoms with Crippen LogP contribution in [0, 0.1) is 27.7 Å². The highest BCUT2D eigenvalue weighted by Gasteiger charge is 2.24. The average Bonchev–Trinajstić information content (AvgIpc) is 3.50. The molecule has 3 N–H and O–H groups in total. The Morgan fingerprint density at radius 3 is 2.00 bits per heavy atom. The number of nitrogens with one attached hydrogen (secondary N) is 3. The summed E-state index contributed by atoms with van der Waals surface area (Å²) in [6.07, 6.45) is 1.92. The molecule has 1 aliphatic rings. The molecule has 1 aliphatic heterocycles. The summed E-state index contributed by atoms with van der Waals surface area (Å²) < 4.78 is 0. The van der Waals surface area contributed by atoms with Gasteiger partial charge in [-0.3, -0.25) is 0 Å². The van der Waals surface area contributed by atoms with Gasteiger partial charge in [-0.25, -0.2) is 4.99 Å². The van der Waals surface area contributed by atoms with Gasteiger partial charge in [0.25, 0.3) is 0 Å². The predicted molar refractivity (Wildman–Crippen MR) is 138 cm³/mol. The van der Waals surface area contributed by atoms with E-state index in [-0.39, 0.29) is 0 Å². The highest BCUT2D eigenvalue weighted by Crippen LogP contribution is 2.38. The summed E-state index contributed by atoms with van der Waals surface area (Å²) in [5.41, 5.74) is 11.6. The van der Waals surface area contributed by atoms with Crippen molar-refractivity contribution in [3.05, 3.63) is 110 Å². The van der Waals surface area contributed by atoms with Crippen LogP contribution in [0.2, 0.25) is 5.02 Å². The molecule has 0 spiro atoms. The number of aromatic amines is 3. The van der Waals surface area contributed by atoms with Gasteiger partial charge in [0.15, 0.2) is 0 Å². The van der Waals surface area contributed by atoms with Crippen molar-refractivity contribution in [2.24, 2.45) is 4.99 Å². The molecule has 0 unspecified atom stereocenters. The number of aromatic nitrogens is 3. The van der Waals surface area contributed by atoms with E-state index in [1.807, 2.05) is 44.2 Å². The summed E-state index contributed by atoms with van der Waals surface area (Å²) in [6, 6.07) is 16.3. The van der Waals surface area contributed by atoms with Crippen molar-refractivity contribution >= 4 is 34.5 Å². The summed E-state index contributed by atoms with van der Waals surface area (Å²) in [4.78, 5) is 15.3. The van der Waals surface area contributed by atoms with Crippen LogP contribution in [0.5, 0.6) is 0 Å². The Morgan fingerprint density at radius 1 is 0.758 bits per heavy atom. The van der Waals surface area contributed by atoms with Crippen LogP contribution in [-0.4, -0.2) is 20.7 Å². The molecule has 5 rings (SSSR count). The van der Waals surface area contributed by atoms with E-state index in [1.54, 1.807) is 0 Å². The Hall–Kier alpha value is -3.21. The standard InChI is InChI=1S/C27H24Cl2N4/c1-14-10-16(3)30-24(14)26-19(28)12-21(32-26)23(18-8-6-5-7-9-18)22-13-20(29)27(33-22)25-15(2)11-17(4)31-25/h5-13,30-32H,1-4H3/b23-22-. The van der Waals surface area contributed by atoms with E-state index < -0.39 is 0 Å². The van der Waals surface area contributed by atoms with Gasteiger partial charge in [-0.05, 0) is 68.7 Å². The molecular formula is C27H24Cl2N4. The summed E-state index contributed by atoms with van der Waals surface area (Å²) in [5.74, 6) is 0. The molecule has 0 amide bonds. The Morgan fingerprint density at radius 2 is 1.39 bits per heavy atom. The van der Waals surface area contributed by atoms with Crippen LogP contribution in [0.3, 0.4) is 0 Å². The lowest BCUT2D eigenvalue weighted by Gasteiger charge is -2.08. The van der Waals surface area contributed by atoms with E-state index in [9.17, 15) is 0 Å². The molecule has 4 aromatic rings.